The number of hydrogen-bond acceptors (Lipinski definition) is 4. The summed E-state index contributed by atoms with van der Waals surface area (Å²) in [5.41, 5.74) is 0.733. The largest absolute Gasteiger partial charge is 0.496 e. The zero-order chi connectivity index (χ0) is 16.3. The Hall–Kier alpha value is -1.90. The summed E-state index contributed by atoms with van der Waals surface area (Å²) < 4.78 is 28.3. The van der Waals surface area contributed by atoms with Crippen LogP contribution in [0.3, 0.4) is 0 Å². The molecular formula is C14H13BrN2O4S. The Balaban J connectivity index is 2.24. The van der Waals surface area contributed by atoms with Crippen LogP contribution in [-0.4, -0.2) is 21.4 Å². The first kappa shape index (κ1) is 16.5. The normalized spacial score (nSPS) is 11.0. The molecule has 0 saturated carbocycles. The number of nitrogens with one attached hydrogen (secondary N) is 1. The summed E-state index contributed by atoms with van der Waals surface area (Å²) in [6, 6.07) is 10.6. The number of nitrogens with two attached hydrogens (primary N) is 1. The number of amides is 1. The maximum absolute atomic E-state index is 12.2. The van der Waals surface area contributed by atoms with Gasteiger partial charge < -0.3 is 10.1 Å². The highest BCUT2D eigenvalue weighted by Gasteiger charge is 2.12. The maximum atomic E-state index is 12.2. The van der Waals surface area contributed by atoms with Gasteiger partial charge in [-0.25, -0.2) is 13.6 Å². The minimum atomic E-state index is -3.82. The maximum Gasteiger partial charge on any atom is 0.255 e. The quantitative estimate of drug-likeness (QED) is 0.844. The average molecular weight is 385 g/mol. The van der Waals surface area contributed by atoms with Gasteiger partial charge in [0, 0.05) is 11.3 Å². The van der Waals surface area contributed by atoms with E-state index in [-0.39, 0.29) is 10.8 Å². The summed E-state index contributed by atoms with van der Waals surface area (Å²) in [7, 11) is -2.29. The smallest absolute Gasteiger partial charge is 0.255 e. The second-order valence-electron chi connectivity index (χ2n) is 4.38. The summed E-state index contributed by atoms with van der Waals surface area (Å²) >= 11 is 3.30. The Bertz CT molecular complexity index is 821. The third-order valence-electron chi connectivity index (χ3n) is 2.83. The minimum absolute atomic E-state index is 0.0683. The van der Waals surface area contributed by atoms with E-state index >= 15 is 0 Å². The van der Waals surface area contributed by atoms with Crippen LogP contribution in [0.1, 0.15) is 10.4 Å². The van der Waals surface area contributed by atoms with Crippen molar-refractivity contribution in [1.29, 1.82) is 0 Å². The molecule has 0 aliphatic heterocycles. The molecule has 0 bridgehead atoms. The van der Waals surface area contributed by atoms with Gasteiger partial charge in [-0.2, -0.15) is 0 Å². The van der Waals surface area contributed by atoms with Gasteiger partial charge in [0.05, 0.1) is 16.5 Å². The Morgan fingerprint density at radius 1 is 1.23 bits per heavy atom. The fourth-order valence-electron chi connectivity index (χ4n) is 1.76. The van der Waals surface area contributed by atoms with Crippen molar-refractivity contribution in [1.82, 2.24) is 0 Å². The van der Waals surface area contributed by atoms with Crippen LogP contribution in [0.25, 0.3) is 0 Å². The first-order valence-electron chi connectivity index (χ1n) is 6.09. The van der Waals surface area contributed by atoms with E-state index in [2.05, 4.69) is 21.2 Å². The number of carbonyl (C=O) groups excluding carboxylic acids is 1. The molecule has 1 amide bonds. The van der Waals surface area contributed by atoms with Gasteiger partial charge in [-0.15, -0.1) is 0 Å². The predicted molar refractivity (Wildman–Crippen MR) is 86.5 cm³/mol. The monoisotopic (exact) mass is 384 g/mol. The fraction of sp³-hybridized carbons (Fsp3) is 0.0714. The number of carbonyl (C=O) groups is 1. The number of halogens is 1. The van der Waals surface area contributed by atoms with E-state index in [1.165, 1.54) is 25.3 Å². The second kappa shape index (κ2) is 6.47. The van der Waals surface area contributed by atoms with Crippen molar-refractivity contribution >= 4 is 37.5 Å². The van der Waals surface area contributed by atoms with E-state index in [1.54, 1.807) is 24.3 Å². The molecule has 0 heterocycles. The number of anilines is 1. The molecule has 6 nitrogen and oxygen atoms in total. The topological polar surface area (TPSA) is 98.5 Å². The van der Waals surface area contributed by atoms with E-state index in [1.807, 2.05) is 0 Å². The van der Waals surface area contributed by atoms with Crippen LogP contribution in [0.15, 0.2) is 51.8 Å². The number of primary sulfonamides is 1. The molecule has 0 unspecified atom stereocenters. The van der Waals surface area contributed by atoms with Crippen molar-refractivity contribution in [3.8, 4) is 5.75 Å². The lowest BCUT2D eigenvalue weighted by molar-refractivity contribution is 0.102. The van der Waals surface area contributed by atoms with Crippen molar-refractivity contribution in [3.63, 3.8) is 0 Å². The van der Waals surface area contributed by atoms with Gasteiger partial charge in [0.2, 0.25) is 10.0 Å². The Labute approximate surface area is 136 Å². The van der Waals surface area contributed by atoms with Crippen LogP contribution >= 0.6 is 15.9 Å². The Morgan fingerprint density at radius 2 is 1.95 bits per heavy atom. The number of ether oxygens (including phenoxy) is 1. The lowest BCUT2D eigenvalue weighted by atomic mass is 10.2. The molecule has 0 atom stereocenters. The van der Waals surface area contributed by atoms with Crippen LogP contribution in [-0.2, 0) is 10.0 Å². The molecule has 0 radical (unpaired) electrons. The molecule has 2 rings (SSSR count). The first-order chi connectivity index (χ1) is 10.3. The molecule has 22 heavy (non-hydrogen) atoms. The van der Waals surface area contributed by atoms with Crippen molar-refractivity contribution in [2.24, 2.45) is 5.14 Å². The fourth-order valence-corrected chi connectivity index (χ4v) is 2.86. The number of sulfonamides is 1. The molecule has 116 valence electrons. The van der Waals surface area contributed by atoms with Gasteiger partial charge in [-0.3, -0.25) is 4.79 Å². The zero-order valence-corrected chi connectivity index (χ0v) is 13.9. The molecule has 0 aromatic heterocycles. The third-order valence-corrected chi connectivity index (χ3v) is 4.37. The van der Waals surface area contributed by atoms with Gasteiger partial charge in [-0.05, 0) is 52.3 Å². The molecule has 0 saturated heterocycles. The molecule has 0 fully saturated rings. The summed E-state index contributed by atoms with van der Waals surface area (Å²) in [5, 5.41) is 7.67. The molecule has 0 aliphatic carbocycles. The minimum Gasteiger partial charge on any atom is -0.496 e. The SMILES string of the molecule is COc1ccc(C(=O)Nc2cccc(S(N)(=O)=O)c2)cc1Br. The van der Waals surface area contributed by atoms with E-state index in [0.29, 0.717) is 21.5 Å². The zero-order valence-electron chi connectivity index (χ0n) is 11.5. The molecule has 8 heteroatoms. The van der Waals surface area contributed by atoms with Gasteiger partial charge in [0.25, 0.3) is 5.91 Å². The van der Waals surface area contributed by atoms with E-state index in [4.69, 9.17) is 9.88 Å². The Kier molecular flexibility index (Phi) is 4.84. The summed E-state index contributed by atoms with van der Waals surface area (Å²) in [5.74, 6) is 0.225. The van der Waals surface area contributed by atoms with E-state index < -0.39 is 10.0 Å². The number of hydrogen-bond donors (Lipinski definition) is 2. The third kappa shape index (κ3) is 3.85. The van der Waals surface area contributed by atoms with Crippen LogP contribution in [0.5, 0.6) is 5.75 Å². The predicted octanol–water partition coefficient (Wildman–Crippen LogP) is 2.36. The second-order valence-corrected chi connectivity index (χ2v) is 6.79. The van der Waals surface area contributed by atoms with Crippen molar-refractivity contribution in [3.05, 3.63) is 52.5 Å². The van der Waals surface area contributed by atoms with Crippen molar-refractivity contribution in [2.75, 3.05) is 12.4 Å². The summed E-state index contributed by atoms with van der Waals surface area (Å²) in [6.07, 6.45) is 0. The highest BCUT2D eigenvalue weighted by atomic mass is 79.9. The molecule has 2 aromatic rings. The Morgan fingerprint density at radius 3 is 2.55 bits per heavy atom. The molecule has 0 spiro atoms. The lowest BCUT2D eigenvalue weighted by Crippen LogP contribution is -2.14. The van der Waals surface area contributed by atoms with Crippen LogP contribution < -0.4 is 15.2 Å². The molecule has 3 N–H and O–H groups in total. The lowest BCUT2D eigenvalue weighted by Gasteiger charge is -2.08. The molecule has 2 aromatic carbocycles. The molecular weight excluding hydrogens is 372 g/mol. The molecule has 0 aliphatic rings. The van der Waals surface area contributed by atoms with Crippen LogP contribution in [0.4, 0.5) is 5.69 Å². The number of benzene rings is 2. The van der Waals surface area contributed by atoms with Gasteiger partial charge >= 0.3 is 0 Å². The van der Waals surface area contributed by atoms with Gasteiger partial charge in [0.1, 0.15) is 5.75 Å². The van der Waals surface area contributed by atoms with Gasteiger partial charge in [0.15, 0.2) is 0 Å². The highest BCUT2D eigenvalue weighted by Crippen LogP contribution is 2.26. The number of rotatable bonds is 4. The van der Waals surface area contributed by atoms with Crippen LogP contribution in [0.2, 0.25) is 0 Å². The summed E-state index contributed by atoms with van der Waals surface area (Å²) in [4.78, 5) is 12.1. The van der Waals surface area contributed by atoms with E-state index in [9.17, 15) is 13.2 Å². The van der Waals surface area contributed by atoms with Crippen molar-refractivity contribution in [2.45, 2.75) is 4.90 Å². The van der Waals surface area contributed by atoms with Gasteiger partial charge in [-0.1, -0.05) is 6.07 Å². The highest BCUT2D eigenvalue weighted by molar-refractivity contribution is 9.10. The van der Waals surface area contributed by atoms with Crippen molar-refractivity contribution < 1.29 is 17.9 Å². The van der Waals surface area contributed by atoms with Crippen LogP contribution in [0, 0.1) is 0 Å². The number of methoxy groups -OCH3 is 1. The average Bonchev–Trinajstić information content (AvgIpc) is 2.46. The summed E-state index contributed by atoms with van der Waals surface area (Å²) in [6.45, 7) is 0. The standard InChI is InChI=1S/C14H13BrN2O4S/c1-21-13-6-5-9(7-12(13)15)14(18)17-10-3-2-4-11(8-10)22(16,19)20/h2-8H,1H3,(H,17,18)(H2,16,19,20). The van der Waals surface area contributed by atoms with E-state index in [0.717, 1.165) is 0 Å². The first-order valence-corrected chi connectivity index (χ1v) is 8.43.